The zero-order valence-corrected chi connectivity index (χ0v) is 13.6. The molecule has 0 saturated heterocycles. The van der Waals surface area contributed by atoms with Gasteiger partial charge in [0.15, 0.2) is 0 Å². The number of aromatic nitrogens is 1. The van der Waals surface area contributed by atoms with Crippen LogP contribution >= 0.6 is 0 Å². The van der Waals surface area contributed by atoms with Crippen LogP contribution in [0.5, 0.6) is 11.6 Å². The van der Waals surface area contributed by atoms with Crippen LogP contribution in [0.25, 0.3) is 0 Å². The van der Waals surface area contributed by atoms with Gasteiger partial charge in [0.1, 0.15) is 5.75 Å². The first-order valence-corrected chi connectivity index (χ1v) is 7.70. The monoisotopic (exact) mass is 318 g/mol. The van der Waals surface area contributed by atoms with Crippen molar-refractivity contribution in [3.63, 3.8) is 0 Å². The Bertz CT molecular complexity index is 823. The minimum absolute atomic E-state index is 0.166. The van der Waals surface area contributed by atoms with E-state index in [0.717, 1.165) is 16.9 Å². The van der Waals surface area contributed by atoms with Gasteiger partial charge in [0.25, 0.3) is 5.91 Å². The summed E-state index contributed by atoms with van der Waals surface area (Å²) in [6.45, 7) is 3.99. The van der Waals surface area contributed by atoms with E-state index in [2.05, 4.69) is 10.3 Å². The molecular weight excluding hydrogens is 300 g/mol. The number of anilines is 1. The number of pyridine rings is 1. The Morgan fingerprint density at radius 1 is 0.917 bits per heavy atom. The Morgan fingerprint density at radius 2 is 1.62 bits per heavy atom. The van der Waals surface area contributed by atoms with Crippen LogP contribution in [0.1, 0.15) is 21.5 Å². The van der Waals surface area contributed by atoms with E-state index in [0.29, 0.717) is 17.1 Å². The van der Waals surface area contributed by atoms with Crippen LogP contribution in [-0.4, -0.2) is 10.9 Å². The first kappa shape index (κ1) is 15.7. The molecular formula is C20H18N2O2. The van der Waals surface area contributed by atoms with E-state index < -0.39 is 0 Å². The Kier molecular flexibility index (Phi) is 4.57. The summed E-state index contributed by atoms with van der Waals surface area (Å²) < 4.78 is 5.86. The lowest BCUT2D eigenvalue weighted by atomic mass is 10.1. The van der Waals surface area contributed by atoms with Gasteiger partial charge < -0.3 is 10.1 Å². The van der Waals surface area contributed by atoms with Gasteiger partial charge in [-0.15, -0.1) is 0 Å². The summed E-state index contributed by atoms with van der Waals surface area (Å²) >= 11 is 0. The molecule has 1 aromatic heterocycles. The molecule has 3 aromatic rings. The summed E-state index contributed by atoms with van der Waals surface area (Å²) in [6.07, 6.45) is 1.59. The summed E-state index contributed by atoms with van der Waals surface area (Å²) in [5.74, 6) is 1.14. The van der Waals surface area contributed by atoms with Crippen molar-refractivity contribution >= 4 is 11.6 Å². The second-order valence-electron chi connectivity index (χ2n) is 5.53. The minimum Gasteiger partial charge on any atom is -0.438 e. The maximum absolute atomic E-state index is 12.1. The van der Waals surface area contributed by atoms with E-state index in [1.165, 1.54) is 0 Å². The summed E-state index contributed by atoms with van der Waals surface area (Å²) in [5, 5.41) is 2.82. The molecule has 0 unspecified atom stereocenters. The fraction of sp³-hybridized carbons (Fsp3) is 0.100. The Hall–Kier alpha value is -3.14. The lowest BCUT2D eigenvalue weighted by molar-refractivity contribution is 0.102. The van der Waals surface area contributed by atoms with Gasteiger partial charge in [-0.1, -0.05) is 36.4 Å². The summed E-state index contributed by atoms with van der Waals surface area (Å²) in [5.41, 5.74) is 3.34. The molecule has 0 spiro atoms. The van der Waals surface area contributed by atoms with Crippen LogP contribution in [0.3, 0.4) is 0 Å². The third-order valence-corrected chi connectivity index (χ3v) is 3.65. The average molecular weight is 318 g/mol. The smallest absolute Gasteiger partial charge is 0.255 e. The highest BCUT2D eigenvalue weighted by Gasteiger charge is 2.08. The van der Waals surface area contributed by atoms with Crippen LogP contribution in [-0.2, 0) is 0 Å². The number of aryl methyl sites for hydroxylation is 2. The molecule has 1 amide bonds. The van der Waals surface area contributed by atoms with Crippen molar-refractivity contribution < 1.29 is 9.53 Å². The molecule has 1 heterocycles. The third kappa shape index (κ3) is 3.60. The number of amides is 1. The minimum atomic E-state index is -0.166. The van der Waals surface area contributed by atoms with Crippen molar-refractivity contribution in [3.8, 4) is 11.6 Å². The third-order valence-electron chi connectivity index (χ3n) is 3.65. The van der Waals surface area contributed by atoms with Crippen LogP contribution in [0.2, 0.25) is 0 Å². The maximum atomic E-state index is 12.1. The quantitative estimate of drug-likeness (QED) is 0.755. The molecule has 0 aliphatic heterocycles. The number of nitrogens with zero attached hydrogens (tertiary/aromatic N) is 1. The molecule has 1 N–H and O–H groups in total. The summed E-state index contributed by atoms with van der Waals surface area (Å²) in [6, 6.07) is 18.6. The van der Waals surface area contributed by atoms with E-state index in [9.17, 15) is 4.79 Å². The van der Waals surface area contributed by atoms with E-state index in [1.54, 1.807) is 30.5 Å². The van der Waals surface area contributed by atoms with Crippen molar-refractivity contribution in [1.29, 1.82) is 0 Å². The number of carbonyl (C=O) groups excluding carboxylic acids is 1. The Labute approximate surface area is 141 Å². The molecule has 24 heavy (non-hydrogen) atoms. The molecule has 0 bridgehead atoms. The second kappa shape index (κ2) is 6.96. The molecule has 0 aliphatic carbocycles. The Morgan fingerprint density at radius 3 is 2.25 bits per heavy atom. The van der Waals surface area contributed by atoms with Crippen LogP contribution in [0.15, 0.2) is 66.9 Å². The SMILES string of the molecule is Cc1cccc(C)c1Oc1ccc(NC(=O)c2ccccc2)cn1. The molecule has 120 valence electrons. The summed E-state index contributed by atoms with van der Waals surface area (Å²) in [4.78, 5) is 16.4. The van der Waals surface area contributed by atoms with Crippen molar-refractivity contribution in [2.45, 2.75) is 13.8 Å². The van der Waals surface area contributed by atoms with Crippen LogP contribution < -0.4 is 10.1 Å². The molecule has 4 nitrogen and oxygen atoms in total. The lowest BCUT2D eigenvalue weighted by Crippen LogP contribution is -2.11. The fourth-order valence-corrected chi connectivity index (χ4v) is 2.37. The lowest BCUT2D eigenvalue weighted by Gasteiger charge is -2.11. The first-order valence-electron chi connectivity index (χ1n) is 7.70. The number of ether oxygens (including phenoxy) is 1. The topological polar surface area (TPSA) is 51.2 Å². The van der Waals surface area contributed by atoms with Crippen LogP contribution in [0.4, 0.5) is 5.69 Å². The number of hydrogen-bond donors (Lipinski definition) is 1. The van der Waals surface area contributed by atoms with Gasteiger partial charge in [-0.25, -0.2) is 4.98 Å². The molecule has 2 aromatic carbocycles. The molecule has 0 fully saturated rings. The standard InChI is InChI=1S/C20H18N2O2/c1-14-7-6-8-15(2)19(14)24-18-12-11-17(13-21-18)22-20(23)16-9-4-3-5-10-16/h3-13H,1-2H3,(H,22,23). The van der Waals surface area contributed by atoms with Gasteiger partial charge >= 0.3 is 0 Å². The highest BCUT2D eigenvalue weighted by atomic mass is 16.5. The highest BCUT2D eigenvalue weighted by molar-refractivity contribution is 6.04. The molecule has 3 rings (SSSR count). The van der Waals surface area contributed by atoms with Crippen LogP contribution in [0, 0.1) is 13.8 Å². The maximum Gasteiger partial charge on any atom is 0.255 e. The van der Waals surface area contributed by atoms with Gasteiger partial charge in [0.05, 0.1) is 11.9 Å². The number of para-hydroxylation sites is 1. The van der Waals surface area contributed by atoms with Gasteiger partial charge in [-0.3, -0.25) is 4.79 Å². The van der Waals surface area contributed by atoms with Crippen molar-refractivity contribution in [2.24, 2.45) is 0 Å². The van der Waals surface area contributed by atoms with Gasteiger partial charge in [0.2, 0.25) is 5.88 Å². The van der Waals surface area contributed by atoms with Gasteiger partial charge in [-0.2, -0.15) is 0 Å². The normalized spacial score (nSPS) is 10.2. The van der Waals surface area contributed by atoms with Gasteiger partial charge in [0, 0.05) is 11.6 Å². The zero-order valence-electron chi connectivity index (χ0n) is 13.6. The van der Waals surface area contributed by atoms with E-state index in [1.807, 2.05) is 50.2 Å². The molecule has 4 heteroatoms. The van der Waals surface area contributed by atoms with Crippen molar-refractivity contribution in [2.75, 3.05) is 5.32 Å². The number of rotatable bonds is 4. The summed E-state index contributed by atoms with van der Waals surface area (Å²) in [7, 11) is 0. The predicted octanol–water partition coefficient (Wildman–Crippen LogP) is 4.74. The number of benzene rings is 2. The zero-order chi connectivity index (χ0) is 16.9. The van der Waals surface area contributed by atoms with E-state index in [4.69, 9.17) is 4.74 Å². The second-order valence-corrected chi connectivity index (χ2v) is 5.53. The number of hydrogen-bond acceptors (Lipinski definition) is 3. The molecule has 0 aliphatic rings. The average Bonchev–Trinajstić information content (AvgIpc) is 2.60. The molecule has 0 saturated carbocycles. The largest absolute Gasteiger partial charge is 0.438 e. The molecule has 0 atom stereocenters. The van der Waals surface area contributed by atoms with E-state index in [-0.39, 0.29) is 5.91 Å². The van der Waals surface area contributed by atoms with Crippen molar-refractivity contribution in [3.05, 3.63) is 83.6 Å². The molecule has 0 radical (unpaired) electrons. The van der Waals surface area contributed by atoms with E-state index >= 15 is 0 Å². The highest BCUT2D eigenvalue weighted by Crippen LogP contribution is 2.27. The first-order chi connectivity index (χ1) is 11.6. The Balaban J connectivity index is 1.71. The van der Waals surface area contributed by atoms with Gasteiger partial charge in [-0.05, 0) is 43.2 Å². The predicted molar refractivity (Wildman–Crippen MR) is 94.6 cm³/mol. The fourth-order valence-electron chi connectivity index (χ4n) is 2.37. The number of nitrogens with one attached hydrogen (secondary N) is 1. The number of carbonyl (C=O) groups is 1. The van der Waals surface area contributed by atoms with Crippen molar-refractivity contribution in [1.82, 2.24) is 4.98 Å².